The Balaban J connectivity index is 2.08. The summed E-state index contributed by atoms with van der Waals surface area (Å²) in [7, 11) is 0. The van der Waals surface area contributed by atoms with Gasteiger partial charge in [-0.05, 0) is 30.5 Å². The van der Waals surface area contributed by atoms with Crippen molar-refractivity contribution in [3.63, 3.8) is 0 Å². The number of rotatable bonds is 3. The summed E-state index contributed by atoms with van der Waals surface area (Å²) in [5.41, 5.74) is 9.63. The van der Waals surface area contributed by atoms with Crippen LogP contribution < -0.4 is 5.73 Å². The first-order valence-electron chi connectivity index (χ1n) is 5.33. The summed E-state index contributed by atoms with van der Waals surface area (Å²) in [6.07, 6.45) is 4.22. The molecule has 0 saturated carbocycles. The minimum Gasteiger partial charge on any atom is -0.324 e. The highest BCUT2D eigenvalue weighted by molar-refractivity contribution is 5.24. The average Bonchev–Trinajstić information content (AvgIpc) is 2.33. The number of nitrogens with zero attached hydrogens (tertiary/aromatic N) is 2. The van der Waals surface area contributed by atoms with Gasteiger partial charge in [0, 0.05) is 12.2 Å². The number of hydrogen-bond donors (Lipinski definition) is 1. The smallest absolute Gasteiger partial charge is 0.0544 e. The van der Waals surface area contributed by atoms with Crippen LogP contribution in [0.15, 0.2) is 42.7 Å². The van der Waals surface area contributed by atoms with Crippen molar-refractivity contribution in [1.29, 1.82) is 0 Å². The van der Waals surface area contributed by atoms with Crippen molar-refractivity contribution in [3.8, 4) is 0 Å². The summed E-state index contributed by atoms with van der Waals surface area (Å²) in [5, 5.41) is 7.57. The monoisotopic (exact) mass is 213 g/mol. The molecule has 0 saturated heterocycles. The van der Waals surface area contributed by atoms with Crippen LogP contribution in [-0.2, 0) is 6.42 Å². The Morgan fingerprint density at radius 1 is 1.12 bits per heavy atom. The number of nitrogens with two attached hydrogens (primary N) is 1. The lowest BCUT2D eigenvalue weighted by molar-refractivity contribution is 0.712. The van der Waals surface area contributed by atoms with Gasteiger partial charge in [0.1, 0.15) is 0 Å². The fraction of sp³-hybridized carbons (Fsp3) is 0.231. The van der Waals surface area contributed by atoms with Gasteiger partial charge in [0.25, 0.3) is 0 Å². The summed E-state index contributed by atoms with van der Waals surface area (Å²) in [6.45, 7) is 2.08. The predicted molar refractivity (Wildman–Crippen MR) is 63.8 cm³/mol. The third kappa shape index (κ3) is 2.64. The lowest BCUT2D eigenvalue weighted by atomic mass is 10.0. The van der Waals surface area contributed by atoms with E-state index in [1.54, 1.807) is 12.4 Å². The zero-order valence-corrected chi connectivity index (χ0v) is 9.30. The fourth-order valence-electron chi connectivity index (χ4n) is 1.62. The molecule has 2 aromatic rings. The van der Waals surface area contributed by atoms with Crippen LogP contribution in [0.5, 0.6) is 0 Å². The van der Waals surface area contributed by atoms with Gasteiger partial charge >= 0.3 is 0 Å². The Morgan fingerprint density at radius 2 is 1.88 bits per heavy atom. The maximum absolute atomic E-state index is 6.10. The number of aromatic nitrogens is 2. The lowest BCUT2D eigenvalue weighted by Crippen LogP contribution is -2.13. The first-order valence-corrected chi connectivity index (χ1v) is 5.33. The SMILES string of the molecule is Cc1ccc(CC(N)c2ccnnc2)cc1. The second-order valence-corrected chi connectivity index (χ2v) is 3.97. The van der Waals surface area contributed by atoms with E-state index in [4.69, 9.17) is 5.73 Å². The molecule has 0 bridgehead atoms. The molecule has 1 aromatic heterocycles. The van der Waals surface area contributed by atoms with E-state index >= 15 is 0 Å². The van der Waals surface area contributed by atoms with E-state index in [1.165, 1.54) is 11.1 Å². The van der Waals surface area contributed by atoms with E-state index in [0.29, 0.717) is 0 Å². The van der Waals surface area contributed by atoms with Crippen LogP contribution in [0, 0.1) is 6.92 Å². The van der Waals surface area contributed by atoms with Crippen LogP contribution >= 0.6 is 0 Å². The van der Waals surface area contributed by atoms with Crippen molar-refractivity contribution in [2.75, 3.05) is 0 Å². The molecule has 0 aliphatic heterocycles. The van der Waals surface area contributed by atoms with Crippen LogP contribution in [-0.4, -0.2) is 10.2 Å². The molecule has 0 aliphatic rings. The summed E-state index contributed by atoms with van der Waals surface area (Å²) in [4.78, 5) is 0. The molecule has 3 nitrogen and oxygen atoms in total. The number of aryl methyl sites for hydroxylation is 1. The third-order valence-corrected chi connectivity index (χ3v) is 2.61. The van der Waals surface area contributed by atoms with Crippen molar-refractivity contribution in [2.24, 2.45) is 5.73 Å². The summed E-state index contributed by atoms with van der Waals surface area (Å²) < 4.78 is 0. The van der Waals surface area contributed by atoms with E-state index in [9.17, 15) is 0 Å². The van der Waals surface area contributed by atoms with Crippen LogP contribution in [0.2, 0.25) is 0 Å². The van der Waals surface area contributed by atoms with Crippen LogP contribution in [0.4, 0.5) is 0 Å². The molecule has 82 valence electrons. The van der Waals surface area contributed by atoms with Gasteiger partial charge in [-0.2, -0.15) is 10.2 Å². The molecule has 3 heteroatoms. The van der Waals surface area contributed by atoms with Gasteiger partial charge in [-0.25, -0.2) is 0 Å². The standard InChI is InChI=1S/C13H15N3/c1-10-2-4-11(5-3-10)8-13(14)12-6-7-15-16-9-12/h2-7,9,13H,8,14H2,1H3. The molecule has 16 heavy (non-hydrogen) atoms. The Bertz CT molecular complexity index is 436. The van der Waals surface area contributed by atoms with Crippen LogP contribution in [0.3, 0.4) is 0 Å². The second kappa shape index (κ2) is 4.86. The zero-order valence-electron chi connectivity index (χ0n) is 9.30. The number of hydrogen-bond acceptors (Lipinski definition) is 3. The van der Waals surface area contributed by atoms with Crippen LogP contribution in [0.25, 0.3) is 0 Å². The van der Waals surface area contributed by atoms with Crippen molar-refractivity contribution in [3.05, 3.63) is 59.4 Å². The first kappa shape index (κ1) is 10.8. The third-order valence-electron chi connectivity index (χ3n) is 2.61. The predicted octanol–water partition coefficient (Wildman–Crippen LogP) is 2.03. The van der Waals surface area contributed by atoms with Crippen molar-refractivity contribution in [2.45, 2.75) is 19.4 Å². The highest BCUT2D eigenvalue weighted by atomic mass is 15.1. The van der Waals surface area contributed by atoms with Gasteiger partial charge in [0.15, 0.2) is 0 Å². The van der Waals surface area contributed by atoms with Crippen molar-refractivity contribution >= 4 is 0 Å². The van der Waals surface area contributed by atoms with Gasteiger partial charge in [-0.1, -0.05) is 29.8 Å². The molecule has 0 amide bonds. The van der Waals surface area contributed by atoms with E-state index in [-0.39, 0.29) is 6.04 Å². The fourth-order valence-corrected chi connectivity index (χ4v) is 1.62. The van der Waals surface area contributed by atoms with Gasteiger partial charge in [0.2, 0.25) is 0 Å². The molecular formula is C13H15N3. The molecular weight excluding hydrogens is 198 g/mol. The van der Waals surface area contributed by atoms with Gasteiger partial charge in [0.05, 0.1) is 6.20 Å². The van der Waals surface area contributed by atoms with Gasteiger partial charge in [-0.15, -0.1) is 0 Å². The number of benzene rings is 1. The molecule has 2 N–H and O–H groups in total. The normalized spacial score (nSPS) is 12.4. The van der Waals surface area contributed by atoms with E-state index in [1.807, 2.05) is 6.07 Å². The summed E-state index contributed by atoms with van der Waals surface area (Å²) >= 11 is 0. The Morgan fingerprint density at radius 3 is 2.50 bits per heavy atom. The molecule has 1 heterocycles. The molecule has 1 aromatic carbocycles. The lowest BCUT2D eigenvalue weighted by Gasteiger charge is -2.11. The molecule has 1 unspecified atom stereocenters. The molecule has 0 radical (unpaired) electrons. The Hall–Kier alpha value is -1.74. The highest BCUT2D eigenvalue weighted by Crippen LogP contribution is 2.14. The van der Waals surface area contributed by atoms with E-state index < -0.39 is 0 Å². The molecule has 2 rings (SSSR count). The van der Waals surface area contributed by atoms with Gasteiger partial charge < -0.3 is 5.73 Å². The minimum atomic E-state index is -0.0155. The van der Waals surface area contributed by atoms with Crippen molar-refractivity contribution < 1.29 is 0 Å². The van der Waals surface area contributed by atoms with E-state index in [0.717, 1.165) is 12.0 Å². The van der Waals surface area contributed by atoms with Crippen LogP contribution in [0.1, 0.15) is 22.7 Å². The quantitative estimate of drug-likeness (QED) is 0.848. The average molecular weight is 213 g/mol. The maximum atomic E-state index is 6.10. The highest BCUT2D eigenvalue weighted by Gasteiger charge is 2.06. The minimum absolute atomic E-state index is 0.0155. The zero-order chi connectivity index (χ0) is 11.4. The second-order valence-electron chi connectivity index (χ2n) is 3.97. The summed E-state index contributed by atoms with van der Waals surface area (Å²) in [5.74, 6) is 0. The molecule has 0 fully saturated rings. The maximum Gasteiger partial charge on any atom is 0.0544 e. The van der Waals surface area contributed by atoms with E-state index in [2.05, 4.69) is 41.4 Å². The topological polar surface area (TPSA) is 51.8 Å². The molecule has 0 spiro atoms. The molecule has 1 atom stereocenters. The largest absolute Gasteiger partial charge is 0.324 e. The first-order chi connectivity index (χ1) is 7.75. The summed E-state index contributed by atoms with van der Waals surface area (Å²) in [6, 6.07) is 10.3. The van der Waals surface area contributed by atoms with Crippen molar-refractivity contribution in [1.82, 2.24) is 10.2 Å². The van der Waals surface area contributed by atoms with Gasteiger partial charge in [-0.3, -0.25) is 0 Å². The Labute approximate surface area is 95.3 Å². The molecule has 0 aliphatic carbocycles. The Kier molecular flexibility index (Phi) is 3.27.